The number of nitrogens with two attached hydrogens (primary N) is 1. The number of guanidine groups is 1. The van der Waals surface area contributed by atoms with Crippen molar-refractivity contribution in [3.05, 3.63) is 42.2 Å². The topological polar surface area (TPSA) is 147 Å². The molecule has 11 heteroatoms. The van der Waals surface area contributed by atoms with Gasteiger partial charge in [-0.25, -0.2) is 14.8 Å². The van der Waals surface area contributed by atoms with E-state index >= 15 is 0 Å². The molecule has 31 heavy (non-hydrogen) atoms. The van der Waals surface area contributed by atoms with E-state index in [1.54, 1.807) is 17.3 Å². The minimum atomic E-state index is -0.783. The number of amides is 2. The highest BCUT2D eigenvalue weighted by Crippen LogP contribution is 2.21. The highest BCUT2D eigenvalue weighted by Gasteiger charge is 2.22. The van der Waals surface area contributed by atoms with Crippen molar-refractivity contribution in [2.45, 2.75) is 6.61 Å². The maximum Gasteiger partial charge on any atom is 0.414 e. The van der Waals surface area contributed by atoms with Crippen LogP contribution in [0.3, 0.4) is 0 Å². The molecule has 11 nitrogen and oxygen atoms in total. The van der Waals surface area contributed by atoms with E-state index in [1.807, 2.05) is 29.2 Å². The number of hydrogen-bond acceptors (Lipinski definition) is 8. The van der Waals surface area contributed by atoms with Crippen LogP contribution < -0.4 is 16.0 Å². The molecule has 0 atom stereocenters. The number of rotatable bonds is 6. The molecular formula is C20H25N7O4. The molecule has 164 valence electrons. The first-order chi connectivity index (χ1) is 15.0. The number of methoxy groups -OCH3 is 1. The zero-order valence-electron chi connectivity index (χ0n) is 17.2. The number of ether oxygens (including phenoxy) is 2. The van der Waals surface area contributed by atoms with Crippen molar-refractivity contribution in [2.24, 2.45) is 5.73 Å². The molecule has 0 unspecified atom stereocenters. The van der Waals surface area contributed by atoms with Gasteiger partial charge in [0.25, 0.3) is 0 Å². The third-order valence-corrected chi connectivity index (χ3v) is 4.69. The largest absolute Gasteiger partial charge is 0.444 e. The minimum absolute atomic E-state index is 0.0129. The van der Waals surface area contributed by atoms with E-state index in [-0.39, 0.29) is 19.1 Å². The van der Waals surface area contributed by atoms with Crippen molar-refractivity contribution in [1.29, 1.82) is 5.41 Å². The van der Waals surface area contributed by atoms with Crippen molar-refractivity contribution in [3.63, 3.8) is 0 Å². The molecule has 2 amide bonds. The van der Waals surface area contributed by atoms with Crippen LogP contribution in [-0.4, -0.2) is 72.7 Å². The lowest BCUT2D eigenvalue weighted by molar-refractivity contribution is -0.135. The van der Waals surface area contributed by atoms with Gasteiger partial charge >= 0.3 is 6.09 Å². The first kappa shape index (κ1) is 22.0. The van der Waals surface area contributed by atoms with Crippen LogP contribution in [0.5, 0.6) is 0 Å². The number of anilines is 1. The van der Waals surface area contributed by atoms with Gasteiger partial charge < -0.3 is 25.0 Å². The molecule has 3 rings (SSSR count). The quantitative estimate of drug-likeness (QED) is 0.448. The summed E-state index contributed by atoms with van der Waals surface area (Å²) in [5.41, 5.74) is 7.58. The van der Waals surface area contributed by atoms with Crippen LogP contribution in [0.25, 0.3) is 11.1 Å². The first-order valence-electron chi connectivity index (χ1n) is 9.67. The number of benzene rings is 1. The number of alkyl carbamates (subject to hydrolysis) is 1. The average Bonchev–Trinajstić information content (AvgIpc) is 2.78. The summed E-state index contributed by atoms with van der Waals surface area (Å²) < 4.78 is 9.93. The minimum Gasteiger partial charge on any atom is -0.444 e. The summed E-state index contributed by atoms with van der Waals surface area (Å²) in [6, 6.07) is 7.46. The Bertz CT molecular complexity index is 927. The molecule has 1 aliphatic heterocycles. The van der Waals surface area contributed by atoms with E-state index in [0.29, 0.717) is 32.1 Å². The zero-order chi connectivity index (χ0) is 22.2. The number of nitrogens with one attached hydrogen (secondary N) is 2. The number of carbonyl (C=O) groups excluding carboxylic acids is 2. The molecule has 2 heterocycles. The van der Waals surface area contributed by atoms with E-state index in [1.165, 1.54) is 7.11 Å². The summed E-state index contributed by atoms with van der Waals surface area (Å²) in [4.78, 5) is 36.1. The first-order valence-corrected chi connectivity index (χ1v) is 9.67. The highest BCUT2D eigenvalue weighted by molar-refractivity contribution is 5.90. The summed E-state index contributed by atoms with van der Waals surface area (Å²) in [6.45, 7) is 2.65. The Morgan fingerprint density at radius 1 is 1.16 bits per heavy atom. The molecule has 0 saturated carbocycles. The molecule has 0 aliphatic carbocycles. The second kappa shape index (κ2) is 10.3. The van der Waals surface area contributed by atoms with Crippen LogP contribution in [-0.2, 0) is 20.9 Å². The van der Waals surface area contributed by atoms with Gasteiger partial charge in [-0.2, -0.15) is 0 Å². The molecule has 0 bridgehead atoms. The molecule has 2 aromatic rings. The lowest BCUT2D eigenvalue weighted by Crippen LogP contribution is -2.50. The van der Waals surface area contributed by atoms with E-state index in [9.17, 15) is 9.59 Å². The van der Waals surface area contributed by atoms with Crippen molar-refractivity contribution < 1.29 is 19.1 Å². The summed E-state index contributed by atoms with van der Waals surface area (Å²) in [5.74, 6) is 0.128. The fourth-order valence-corrected chi connectivity index (χ4v) is 3.14. The third-order valence-electron chi connectivity index (χ3n) is 4.69. The van der Waals surface area contributed by atoms with E-state index in [2.05, 4.69) is 15.3 Å². The molecule has 1 aromatic heterocycles. The Kier molecular flexibility index (Phi) is 7.33. The monoisotopic (exact) mass is 427 g/mol. The molecule has 1 fully saturated rings. The average molecular weight is 427 g/mol. The van der Waals surface area contributed by atoms with E-state index in [4.69, 9.17) is 20.6 Å². The number of nitrogens with zero attached hydrogens (tertiary/aromatic N) is 4. The van der Waals surface area contributed by atoms with Gasteiger partial charge in [0.2, 0.25) is 11.9 Å². The van der Waals surface area contributed by atoms with Gasteiger partial charge in [0.05, 0.1) is 0 Å². The summed E-state index contributed by atoms with van der Waals surface area (Å²) in [7, 11) is 1.51. The maximum atomic E-state index is 11.9. The Morgan fingerprint density at radius 2 is 1.87 bits per heavy atom. The standard InChI is InChI=1S/C20H25N7O4/c1-30-13-17(28)26-5-7-27(8-6-26)19-23-10-16(11-24-19)15-4-2-3-14(9-15)12-31-20(29)25-18(21)22/h2-4,9-11H,5-8,12-13H2,1H3,(H4,21,22,25,29). The van der Waals surface area contributed by atoms with Gasteiger partial charge in [0, 0.05) is 51.2 Å². The molecule has 4 N–H and O–H groups in total. The van der Waals surface area contributed by atoms with Gasteiger partial charge in [0.15, 0.2) is 5.96 Å². The lowest BCUT2D eigenvalue weighted by Gasteiger charge is -2.34. The Labute approximate surface area is 179 Å². The van der Waals surface area contributed by atoms with Crippen LogP contribution in [0.1, 0.15) is 5.56 Å². The van der Waals surface area contributed by atoms with Crippen LogP contribution >= 0.6 is 0 Å². The molecule has 1 aliphatic rings. The molecule has 1 saturated heterocycles. The molecule has 1 aromatic carbocycles. The smallest absolute Gasteiger partial charge is 0.414 e. The second-order valence-electron chi connectivity index (χ2n) is 6.89. The Morgan fingerprint density at radius 3 is 2.52 bits per heavy atom. The van der Waals surface area contributed by atoms with Crippen LogP contribution in [0.4, 0.5) is 10.7 Å². The predicted molar refractivity (Wildman–Crippen MR) is 113 cm³/mol. The second-order valence-corrected chi connectivity index (χ2v) is 6.89. The fraction of sp³-hybridized carbons (Fsp3) is 0.350. The number of carbonyl (C=O) groups is 2. The number of aromatic nitrogens is 2. The Balaban J connectivity index is 1.58. The fourth-order valence-electron chi connectivity index (χ4n) is 3.14. The van der Waals surface area contributed by atoms with Gasteiger partial charge in [0.1, 0.15) is 13.2 Å². The van der Waals surface area contributed by atoms with E-state index < -0.39 is 12.1 Å². The summed E-state index contributed by atoms with van der Waals surface area (Å²) in [6.07, 6.45) is 2.70. The van der Waals surface area contributed by atoms with E-state index in [0.717, 1.165) is 16.7 Å². The zero-order valence-corrected chi connectivity index (χ0v) is 17.2. The Hall–Kier alpha value is -3.73. The number of hydrogen-bond donors (Lipinski definition) is 3. The third kappa shape index (κ3) is 6.12. The molecule has 0 radical (unpaired) electrons. The van der Waals surface area contributed by atoms with Crippen LogP contribution in [0, 0.1) is 5.41 Å². The van der Waals surface area contributed by atoms with Crippen molar-refractivity contribution in [2.75, 3.05) is 44.8 Å². The normalized spacial score (nSPS) is 13.6. The summed E-state index contributed by atoms with van der Waals surface area (Å²) in [5, 5.41) is 9.08. The maximum absolute atomic E-state index is 11.9. The van der Waals surface area contributed by atoms with Gasteiger partial charge in [-0.1, -0.05) is 18.2 Å². The summed E-state index contributed by atoms with van der Waals surface area (Å²) >= 11 is 0. The predicted octanol–water partition coefficient (Wildman–Crippen LogP) is 0.558. The highest BCUT2D eigenvalue weighted by atomic mass is 16.5. The van der Waals surface area contributed by atoms with Crippen molar-refractivity contribution >= 4 is 23.9 Å². The van der Waals surface area contributed by atoms with Gasteiger partial charge in [-0.05, 0) is 17.2 Å². The number of piperazine rings is 1. The molecular weight excluding hydrogens is 402 g/mol. The van der Waals surface area contributed by atoms with Gasteiger partial charge in [-0.3, -0.25) is 15.5 Å². The van der Waals surface area contributed by atoms with Gasteiger partial charge in [-0.15, -0.1) is 0 Å². The SMILES string of the molecule is COCC(=O)N1CCN(c2ncc(-c3cccc(COC(=O)NC(=N)N)c3)cn2)CC1. The van der Waals surface area contributed by atoms with Crippen LogP contribution in [0.2, 0.25) is 0 Å². The molecule has 0 spiro atoms. The lowest BCUT2D eigenvalue weighted by atomic mass is 10.1. The van der Waals surface area contributed by atoms with Crippen molar-refractivity contribution in [3.8, 4) is 11.1 Å². The van der Waals surface area contributed by atoms with Crippen molar-refractivity contribution in [1.82, 2.24) is 20.2 Å². The van der Waals surface area contributed by atoms with Crippen LogP contribution in [0.15, 0.2) is 36.7 Å².